The van der Waals surface area contributed by atoms with Crippen molar-refractivity contribution in [3.05, 3.63) is 21.9 Å². The Kier molecular flexibility index (Phi) is 4.94. The molecule has 4 nitrogen and oxygen atoms in total. The number of thiophene rings is 1. The average molecular weight is 295 g/mol. The van der Waals surface area contributed by atoms with Crippen molar-refractivity contribution >= 4 is 23.0 Å². The second kappa shape index (κ2) is 6.50. The molecule has 1 fully saturated rings. The van der Waals surface area contributed by atoms with Crippen LogP contribution in [0.25, 0.3) is 0 Å². The Morgan fingerprint density at radius 1 is 1.45 bits per heavy atom. The smallest absolute Gasteiger partial charge is 0.223 e. The quantitative estimate of drug-likeness (QED) is 0.848. The van der Waals surface area contributed by atoms with Crippen LogP contribution in [0.2, 0.25) is 0 Å². The van der Waals surface area contributed by atoms with Gasteiger partial charge in [0.15, 0.2) is 5.78 Å². The Morgan fingerprint density at radius 2 is 2.20 bits per heavy atom. The largest absolute Gasteiger partial charge is 0.393 e. The fraction of sp³-hybridized carbons (Fsp3) is 0.600. The van der Waals surface area contributed by atoms with Gasteiger partial charge in [0.1, 0.15) is 0 Å². The van der Waals surface area contributed by atoms with Crippen molar-refractivity contribution in [2.24, 2.45) is 5.92 Å². The monoisotopic (exact) mass is 295 g/mol. The first kappa shape index (κ1) is 15.2. The lowest BCUT2D eigenvalue weighted by atomic mass is 10.0. The Morgan fingerprint density at radius 3 is 2.75 bits per heavy atom. The van der Waals surface area contributed by atoms with Gasteiger partial charge in [-0.15, -0.1) is 11.3 Å². The van der Waals surface area contributed by atoms with Crippen LogP contribution in [0.5, 0.6) is 0 Å². The van der Waals surface area contributed by atoms with Crippen LogP contribution in [0.1, 0.15) is 40.7 Å². The molecular formula is C15H21NO3S. The highest BCUT2D eigenvalue weighted by molar-refractivity contribution is 7.14. The van der Waals surface area contributed by atoms with Gasteiger partial charge >= 0.3 is 0 Å². The molecule has 1 aliphatic heterocycles. The second-order valence-corrected chi connectivity index (χ2v) is 6.75. The first-order valence-electron chi connectivity index (χ1n) is 7.03. The third-order valence-corrected chi connectivity index (χ3v) is 4.88. The Hall–Kier alpha value is -1.20. The zero-order valence-electron chi connectivity index (χ0n) is 12.0. The van der Waals surface area contributed by atoms with Crippen LogP contribution >= 0.6 is 11.3 Å². The van der Waals surface area contributed by atoms with Crippen molar-refractivity contribution in [2.45, 2.75) is 39.2 Å². The molecule has 110 valence electrons. The van der Waals surface area contributed by atoms with Crippen LogP contribution in [0.3, 0.4) is 0 Å². The van der Waals surface area contributed by atoms with Crippen LogP contribution in [-0.2, 0) is 4.79 Å². The predicted molar refractivity (Wildman–Crippen MR) is 79.0 cm³/mol. The molecule has 1 aromatic heterocycles. The van der Waals surface area contributed by atoms with E-state index in [4.69, 9.17) is 0 Å². The van der Waals surface area contributed by atoms with E-state index in [2.05, 4.69) is 0 Å². The lowest BCUT2D eigenvalue weighted by Crippen LogP contribution is -2.30. The molecule has 0 radical (unpaired) electrons. The van der Waals surface area contributed by atoms with Gasteiger partial charge in [0.05, 0.1) is 11.0 Å². The van der Waals surface area contributed by atoms with E-state index >= 15 is 0 Å². The van der Waals surface area contributed by atoms with E-state index in [0.717, 1.165) is 16.2 Å². The molecular weight excluding hydrogens is 274 g/mol. The zero-order valence-corrected chi connectivity index (χ0v) is 12.8. The van der Waals surface area contributed by atoms with Crippen molar-refractivity contribution in [3.63, 3.8) is 0 Å². The molecule has 2 atom stereocenters. The summed E-state index contributed by atoms with van der Waals surface area (Å²) in [5.41, 5.74) is 0. The summed E-state index contributed by atoms with van der Waals surface area (Å²) in [6.45, 7) is 5.04. The predicted octanol–water partition coefficient (Wildman–Crippen LogP) is 2.25. The lowest BCUT2D eigenvalue weighted by Gasteiger charge is -2.17. The van der Waals surface area contributed by atoms with Crippen LogP contribution < -0.4 is 0 Å². The fourth-order valence-electron chi connectivity index (χ4n) is 2.49. The molecule has 1 saturated heterocycles. The maximum atomic E-state index is 12.0. The molecule has 2 unspecified atom stereocenters. The van der Waals surface area contributed by atoms with E-state index in [1.54, 1.807) is 11.8 Å². The maximum Gasteiger partial charge on any atom is 0.223 e. The van der Waals surface area contributed by atoms with Gasteiger partial charge in [0, 0.05) is 36.7 Å². The van der Waals surface area contributed by atoms with Crippen LogP contribution in [0.15, 0.2) is 12.1 Å². The summed E-state index contributed by atoms with van der Waals surface area (Å²) in [6, 6.07) is 3.75. The number of aliphatic hydroxyl groups excluding tert-OH is 1. The summed E-state index contributed by atoms with van der Waals surface area (Å²) in [4.78, 5) is 27.6. The fourth-order valence-corrected chi connectivity index (χ4v) is 3.33. The number of hydrogen-bond acceptors (Lipinski definition) is 4. The number of hydrogen-bond donors (Lipinski definition) is 1. The minimum Gasteiger partial charge on any atom is -0.393 e. The first-order chi connectivity index (χ1) is 9.47. The molecule has 0 saturated carbocycles. The molecule has 0 aliphatic carbocycles. The summed E-state index contributed by atoms with van der Waals surface area (Å²) in [5.74, 6) is 0.243. The van der Waals surface area contributed by atoms with E-state index in [-0.39, 0.29) is 36.6 Å². The van der Waals surface area contributed by atoms with Gasteiger partial charge in [-0.25, -0.2) is 0 Å². The zero-order chi connectivity index (χ0) is 14.7. The highest BCUT2D eigenvalue weighted by Gasteiger charge is 2.29. The molecule has 1 aromatic rings. The van der Waals surface area contributed by atoms with Crippen molar-refractivity contribution in [1.82, 2.24) is 4.90 Å². The SMILES string of the molecule is Cc1ccc(C(=O)CCC(=O)N2CCC(C(C)O)C2)s1. The van der Waals surface area contributed by atoms with E-state index in [1.165, 1.54) is 11.3 Å². The van der Waals surface area contributed by atoms with Gasteiger partial charge in [-0.3, -0.25) is 9.59 Å². The van der Waals surface area contributed by atoms with Gasteiger partial charge < -0.3 is 10.0 Å². The highest BCUT2D eigenvalue weighted by Crippen LogP contribution is 2.21. The molecule has 2 rings (SSSR count). The van der Waals surface area contributed by atoms with Crippen molar-refractivity contribution in [1.29, 1.82) is 0 Å². The second-order valence-electron chi connectivity index (χ2n) is 5.46. The summed E-state index contributed by atoms with van der Waals surface area (Å²) in [6.07, 6.45) is 1.02. The van der Waals surface area contributed by atoms with Crippen LogP contribution in [0.4, 0.5) is 0 Å². The molecule has 0 aromatic carbocycles. The number of carbonyl (C=O) groups is 2. The number of amides is 1. The molecule has 1 amide bonds. The number of ketones is 1. The van der Waals surface area contributed by atoms with E-state index < -0.39 is 0 Å². The number of nitrogens with zero attached hydrogens (tertiary/aromatic N) is 1. The minimum absolute atomic E-state index is 0.0229. The number of carbonyl (C=O) groups excluding carboxylic acids is 2. The molecule has 1 N–H and O–H groups in total. The molecule has 2 heterocycles. The highest BCUT2D eigenvalue weighted by atomic mass is 32.1. The summed E-state index contributed by atoms with van der Waals surface area (Å²) < 4.78 is 0. The number of rotatable bonds is 5. The Labute approximate surface area is 123 Å². The van der Waals surface area contributed by atoms with E-state index in [1.807, 2.05) is 19.1 Å². The Bertz CT molecular complexity index is 495. The topological polar surface area (TPSA) is 57.6 Å². The van der Waals surface area contributed by atoms with Gasteiger partial charge in [0.2, 0.25) is 5.91 Å². The van der Waals surface area contributed by atoms with E-state index in [9.17, 15) is 14.7 Å². The summed E-state index contributed by atoms with van der Waals surface area (Å²) >= 11 is 1.48. The average Bonchev–Trinajstić information content (AvgIpc) is 3.04. The number of Topliss-reactive ketones (excluding diaryl/α,β-unsaturated/α-hetero) is 1. The Balaban J connectivity index is 1.80. The number of likely N-dealkylation sites (tertiary alicyclic amines) is 1. The third-order valence-electron chi connectivity index (χ3n) is 3.84. The molecule has 1 aliphatic rings. The van der Waals surface area contributed by atoms with Gasteiger partial charge in [-0.2, -0.15) is 0 Å². The van der Waals surface area contributed by atoms with E-state index in [0.29, 0.717) is 13.1 Å². The lowest BCUT2D eigenvalue weighted by molar-refractivity contribution is -0.130. The normalized spacial score (nSPS) is 20.1. The van der Waals surface area contributed by atoms with Crippen molar-refractivity contribution in [2.75, 3.05) is 13.1 Å². The van der Waals surface area contributed by atoms with Gasteiger partial charge in [-0.1, -0.05) is 0 Å². The molecule has 0 spiro atoms. The first-order valence-corrected chi connectivity index (χ1v) is 7.84. The van der Waals surface area contributed by atoms with Crippen molar-refractivity contribution < 1.29 is 14.7 Å². The van der Waals surface area contributed by atoms with Gasteiger partial charge in [0.25, 0.3) is 0 Å². The van der Waals surface area contributed by atoms with Gasteiger partial charge in [-0.05, 0) is 32.4 Å². The van der Waals surface area contributed by atoms with Crippen LogP contribution in [-0.4, -0.2) is 40.9 Å². The minimum atomic E-state index is -0.372. The number of aliphatic hydroxyl groups is 1. The number of aryl methyl sites for hydroxylation is 1. The standard InChI is InChI=1S/C15H21NO3S/c1-10-3-5-14(20-10)13(18)4-6-15(19)16-8-7-12(9-16)11(2)17/h3,5,11-12,17H,4,6-9H2,1-2H3. The van der Waals surface area contributed by atoms with Crippen molar-refractivity contribution in [3.8, 4) is 0 Å². The molecule has 5 heteroatoms. The summed E-state index contributed by atoms with van der Waals surface area (Å²) in [5, 5.41) is 9.53. The molecule has 20 heavy (non-hydrogen) atoms. The summed E-state index contributed by atoms with van der Waals surface area (Å²) in [7, 11) is 0. The maximum absolute atomic E-state index is 12.0. The van der Waals surface area contributed by atoms with Crippen LogP contribution in [0, 0.1) is 12.8 Å². The third kappa shape index (κ3) is 3.67. The molecule has 0 bridgehead atoms.